The van der Waals surface area contributed by atoms with Gasteiger partial charge in [-0.2, -0.15) is 4.31 Å². The van der Waals surface area contributed by atoms with Crippen molar-refractivity contribution in [1.82, 2.24) is 9.21 Å². The van der Waals surface area contributed by atoms with E-state index in [1.807, 2.05) is 6.92 Å². The zero-order chi connectivity index (χ0) is 29.0. The monoisotopic (exact) mass is 616 g/mol. The van der Waals surface area contributed by atoms with Gasteiger partial charge in [0.05, 0.1) is 43.0 Å². The lowest BCUT2D eigenvalue weighted by Gasteiger charge is -2.26. The van der Waals surface area contributed by atoms with Crippen molar-refractivity contribution in [2.24, 2.45) is 0 Å². The van der Waals surface area contributed by atoms with Gasteiger partial charge in [-0.05, 0) is 18.6 Å². The Morgan fingerprint density at radius 2 is 1.82 bits per heavy atom. The summed E-state index contributed by atoms with van der Waals surface area (Å²) in [5, 5.41) is -0.104. The molecule has 0 bridgehead atoms. The number of halogens is 2. The number of rotatable bonds is 11. The molecule has 2 aliphatic rings. The molecule has 0 aromatic heterocycles. The molecule has 4 rings (SSSR count). The van der Waals surface area contributed by atoms with Crippen LogP contribution in [0.4, 0.5) is 0 Å². The number of benzene rings is 2. The molecule has 40 heavy (non-hydrogen) atoms. The molecular formula is C26H30Cl2N2O9S. The van der Waals surface area contributed by atoms with Crippen LogP contribution < -0.4 is 14.2 Å². The van der Waals surface area contributed by atoms with E-state index >= 15 is 0 Å². The minimum absolute atomic E-state index is 0.0193. The number of fused-ring (bicyclic) bond motifs is 1. The summed E-state index contributed by atoms with van der Waals surface area (Å²) >= 11 is 12.7. The summed E-state index contributed by atoms with van der Waals surface area (Å²) in [5.41, 5.74) is 0.154. The lowest BCUT2D eigenvalue weighted by molar-refractivity contribution is 0.0320. The Morgan fingerprint density at radius 3 is 2.48 bits per heavy atom. The van der Waals surface area contributed by atoms with Crippen molar-refractivity contribution in [2.75, 3.05) is 60.4 Å². The lowest BCUT2D eigenvalue weighted by Crippen LogP contribution is -2.38. The topological polar surface area (TPSA) is 121 Å². The maximum absolute atomic E-state index is 13.3. The van der Waals surface area contributed by atoms with E-state index in [1.165, 1.54) is 32.4 Å². The Balaban J connectivity index is 1.52. The van der Waals surface area contributed by atoms with Crippen LogP contribution in [-0.4, -0.2) is 89.9 Å². The number of morpholine rings is 1. The van der Waals surface area contributed by atoms with E-state index < -0.39 is 28.6 Å². The standard InChI is InChI=1S/C26H30Cl2N2O9S/c1-4-5-16-21-20(14-19(35-2)24(16)36-3)40(33,34)30(25(21)31)15-39-26(32)22-17(27)6-7-18(23(22)28)38-13-10-29-8-11-37-12-9-29/h6-7,14H,4-5,8-13,15H2,1-3H3. The molecule has 1 amide bonds. The van der Waals surface area contributed by atoms with Gasteiger partial charge in [-0.1, -0.05) is 36.5 Å². The van der Waals surface area contributed by atoms with Crippen molar-refractivity contribution in [3.8, 4) is 17.2 Å². The minimum atomic E-state index is -4.36. The maximum atomic E-state index is 13.3. The number of ether oxygens (including phenoxy) is 5. The molecule has 0 saturated carbocycles. The van der Waals surface area contributed by atoms with Crippen molar-refractivity contribution >= 4 is 45.1 Å². The van der Waals surface area contributed by atoms with Gasteiger partial charge in [0.15, 0.2) is 18.2 Å². The van der Waals surface area contributed by atoms with Crippen LogP contribution in [0, 0.1) is 0 Å². The second-order valence-electron chi connectivity index (χ2n) is 8.97. The maximum Gasteiger partial charge on any atom is 0.343 e. The van der Waals surface area contributed by atoms with Gasteiger partial charge in [-0.25, -0.2) is 13.2 Å². The summed E-state index contributed by atoms with van der Waals surface area (Å²) in [7, 11) is -1.58. The SMILES string of the molecule is CCCc1c(OC)c(OC)cc2c1C(=O)N(COC(=O)c1c(Cl)ccc(OCCN3CCOCC3)c1Cl)S2(=O)=O. The molecule has 1 saturated heterocycles. The molecule has 0 radical (unpaired) electrons. The average Bonchev–Trinajstić information content (AvgIpc) is 3.13. The number of esters is 1. The molecule has 0 aliphatic carbocycles. The van der Waals surface area contributed by atoms with Crippen molar-refractivity contribution in [3.05, 3.63) is 44.9 Å². The minimum Gasteiger partial charge on any atom is -0.493 e. The first-order valence-corrected chi connectivity index (χ1v) is 14.8. The van der Waals surface area contributed by atoms with Crippen LogP contribution in [-0.2, 0) is 25.9 Å². The Labute approximate surface area is 242 Å². The van der Waals surface area contributed by atoms with E-state index in [0.29, 0.717) is 49.1 Å². The van der Waals surface area contributed by atoms with Gasteiger partial charge < -0.3 is 23.7 Å². The van der Waals surface area contributed by atoms with Gasteiger partial charge in [-0.3, -0.25) is 9.69 Å². The number of methoxy groups -OCH3 is 2. The van der Waals surface area contributed by atoms with E-state index in [9.17, 15) is 18.0 Å². The molecule has 14 heteroatoms. The highest BCUT2D eigenvalue weighted by Crippen LogP contribution is 2.43. The van der Waals surface area contributed by atoms with Gasteiger partial charge in [0.1, 0.15) is 22.8 Å². The van der Waals surface area contributed by atoms with Crippen molar-refractivity contribution in [2.45, 2.75) is 24.7 Å². The normalized spacial score (nSPS) is 16.5. The van der Waals surface area contributed by atoms with Gasteiger partial charge in [-0.15, -0.1) is 0 Å². The van der Waals surface area contributed by atoms with Crippen molar-refractivity contribution < 1.29 is 41.7 Å². The second kappa shape index (κ2) is 12.8. The van der Waals surface area contributed by atoms with E-state index in [2.05, 4.69) is 4.90 Å². The molecule has 1 fully saturated rings. The van der Waals surface area contributed by atoms with Crippen LogP contribution in [0.5, 0.6) is 17.2 Å². The average molecular weight is 618 g/mol. The molecule has 0 N–H and O–H groups in total. The number of nitrogens with zero attached hydrogens (tertiary/aromatic N) is 2. The van der Waals surface area contributed by atoms with Crippen LogP contribution in [0.2, 0.25) is 10.0 Å². The largest absolute Gasteiger partial charge is 0.493 e. The zero-order valence-electron chi connectivity index (χ0n) is 22.3. The van der Waals surface area contributed by atoms with Crippen LogP contribution in [0.25, 0.3) is 0 Å². The molecule has 218 valence electrons. The summed E-state index contributed by atoms with van der Waals surface area (Å²) in [6.07, 6.45) is 0.973. The van der Waals surface area contributed by atoms with Crippen molar-refractivity contribution in [3.63, 3.8) is 0 Å². The van der Waals surface area contributed by atoms with E-state index in [-0.39, 0.29) is 43.3 Å². The molecule has 2 aromatic rings. The first kappa shape index (κ1) is 30.2. The predicted molar refractivity (Wildman–Crippen MR) is 146 cm³/mol. The highest BCUT2D eigenvalue weighted by atomic mass is 35.5. The fraction of sp³-hybridized carbons (Fsp3) is 0.462. The Hall–Kier alpha value is -2.77. The van der Waals surface area contributed by atoms with Crippen molar-refractivity contribution in [1.29, 1.82) is 0 Å². The van der Waals surface area contributed by atoms with Gasteiger partial charge in [0.2, 0.25) is 0 Å². The zero-order valence-corrected chi connectivity index (χ0v) is 24.7. The van der Waals surface area contributed by atoms with E-state index in [1.54, 1.807) is 0 Å². The highest BCUT2D eigenvalue weighted by molar-refractivity contribution is 7.90. The molecule has 11 nitrogen and oxygen atoms in total. The molecule has 0 spiro atoms. The quantitative estimate of drug-likeness (QED) is 0.346. The van der Waals surface area contributed by atoms with E-state index in [4.69, 9.17) is 46.9 Å². The first-order valence-electron chi connectivity index (χ1n) is 12.6. The predicted octanol–water partition coefficient (Wildman–Crippen LogP) is 3.63. The summed E-state index contributed by atoms with van der Waals surface area (Å²) in [6.45, 7) is 4.81. The van der Waals surface area contributed by atoms with Crippen LogP contribution in [0.1, 0.15) is 39.6 Å². The highest BCUT2D eigenvalue weighted by Gasteiger charge is 2.45. The smallest absolute Gasteiger partial charge is 0.343 e. The number of carbonyl (C=O) groups excluding carboxylic acids is 2. The Bertz CT molecular complexity index is 1400. The van der Waals surface area contributed by atoms with Crippen LogP contribution >= 0.6 is 23.2 Å². The summed E-state index contributed by atoms with van der Waals surface area (Å²) in [4.78, 5) is 28.3. The van der Waals surface area contributed by atoms with Gasteiger partial charge >= 0.3 is 5.97 Å². The number of hydrogen-bond acceptors (Lipinski definition) is 10. The third-order valence-electron chi connectivity index (χ3n) is 6.58. The fourth-order valence-electron chi connectivity index (χ4n) is 4.58. The Morgan fingerprint density at radius 1 is 1.10 bits per heavy atom. The number of sulfonamides is 1. The second-order valence-corrected chi connectivity index (χ2v) is 11.6. The van der Waals surface area contributed by atoms with E-state index in [0.717, 1.165) is 13.1 Å². The molecule has 2 aromatic carbocycles. The first-order chi connectivity index (χ1) is 19.1. The molecule has 2 heterocycles. The molecule has 0 atom stereocenters. The third kappa shape index (κ3) is 5.82. The number of hydrogen-bond donors (Lipinski definition) is 0. The van der Waals surface area contributed by atoms with Crippen LogP contribution in [0.15, 0.2) is 23.1 Å². The third-order valence-corrected chi connectivity index (χ3v) is 9.00. The van der Waals surface area contributed by atoms with Crippen LogP contribution in [0.3, 0.4) is 0 Å². The molecular weight excluding hydrogens is 587 g/mol. The molecule has 2 aliphatic heterocycles. The van der Waals surface area contributed by atoms with Gasteiger partial charge in [0.25, 0.3) is 15.9 Å². The van der Waals surface area contributed by atoms with Gasteiger partial charge in [0, 0.05) is 31.3 Å². The summed E-state index contributed by atoms with van der Waals surface area (Å²) in [5.74, 6) is -1.20. The summed E-state index contributed by atoms with van der Waals surface area (Å²) in [6, 6.07) is 4.19. The molecule has 0 unspecified atom stereocenters. The Kier molecular flexibility index (Phi) is 9.68. The summed E-state index contributed by atoms with van der Waals surface area (Å²) < 4.78 is 54.3. The lowest BCUT2D eigenvalue weighted by atomic mass is 10.0. The number of carbonyl (C=O) groups is 2. The number of amides is 1. The fourth-order valence-corrected chi connectivity index (χ4v) is 6.62.